The average Bonchev–Trinajstić information content (AvgIpc) is 2.91. The number of H-pyrrole nitrogens is 1. The van der Waals surface area contributed by atoms with Gasteiger partial charge in [0.05, 0.1) is 0 Å². The molecule has 0 aliphatic rings. The fourth-order valence-corrected chi connectivity index (χ4v) is 2.33. The number of aromatic amines is 1. The van der Waals surface area contributed by atoms with Crippen LogP contribution in [0.5, 0.6) is 0 Å². The first kappa shape index (κ1) is 14.1. The van der Waals surface area contributed by atoms with E-state index in [1.165, 1.54) is 11.5 Å². The van der Waals surface area contributed by atoms with Crippen LogP contribution in [0.2, 0.25) is 0 Å². The third kappa shape index (κ3) is 3.44. The van der Waals surface area contributed by atoms with Crippen LogP contribution in [-0.4, -0.2) is 11.0 Å². The summed E-state index contributed by atoms with van der Waals surface area (Å²) in [6, 6.07) is 17.8. The number of ether oxygens (including phenoxy) is 1. The van der Waals surface area contributed by atoms with Crippen molar-refractivity contribution in [2.45, 2.75) is 13.5 Å². The van der Waals surface area contributed by atoms with E-state index in [1.807, 2.05) is 55.5 Å². The SMILES string of the molecule is Cc1cc2ccc(/C=C/C(=O)OCc3ccccc3)cc2[nH]1. The van der Waals surface area contributed by atoms with Crippen LogP contribution < -0.4 is 0 Å². The maximum Gasteiger partial charge on any atom is 0.331 e. The van der Waals surface area contributed by atoms with E-state index in [-0.39, 0.29) is 5.97 Å². The van der Waals surface area contributed by atoms with Gasteiger partial charge in [0.2, 0.25) is 0 Å². The summed E-state index contributed by atoms with van der Waals surface area (Å²) in [6.07, 6.45) is 3.23. The summed E-state index contributed by atoms with van der Waals surface area (Å²) in [4.78, 5) is 15.0. The highest BCUT2D eigenvalue weighted by molar-refractivity contribution is 5.89. The molecule has 110 valence electrons. The molecule has 3 heteroatoms. The second-order valence-electron chi connectivity index (χ2n) is 5.23. The van der Waals surface area contributed by atoms with E-state index in [2.05, 4.69) is 11.1 Å². The van der Waals surface area contributed by atoms with E-state index in [4.69, 9.17) is 4.74 Å². The molecule has 0 radical (unpaired) electrons. The Morgan fingerprint density at radius 1 is 1.14 bits per heavy atom. The number of esters is 1. The number of nitrogens with one attached hydrogen (secondary N) is 1. The molecule has 1 N–H and O–H groups in total. The third-order valence-electron chi connectivity index (χ3n) is 3.42. The van der Waals surface area contributed by atoms with Crippen LogP contribution in [0.15, 0.2) is 60.7 Å². The van der Waals surface area contributed by atoms with Crippen molar-refractivity contribution in [3.05, 3.63) is 77.5 Å². The number of fused-ring (bicyclic) bond motifs is 1. The van der Waals surface area contributed by atoms with Gasteiger partial charge in [0.15, 0.2) is 0 Å². The summed E-state index contributed by atoms with van der Waals surface area (Å²) >= 11 is 0. The lowest BCUT2D eigenvalue weighted by molar-refractivity contribution is -0.138. The molecule has 0 saturated heterocycles. The number of hydrogen-bond acceptors (Lipinski definition) is 2. The van der Waals surface area contributed by atoms with Crippen LogP contribution in [0.1, 0.15) is 16.8 Å². The highest BCUT2D eigenvalue weighted by Crippen LogP contribution is 2.17. The standard InChI is InChI=1S/C19H17NO2/c1-14-11-17-9-7-15(12-18(17)20-14)8-10-19(21)22-13-16-5-3-2-4-6-16/h2-12,20H,13H2,1H3/b10-8+. The van der Waals surface area contributed by atoms with Crippen molar-refractivity contribution in [1.29, 1.82) is 0 Å². The van der Waals surface area contributed by atoms with E-state index >= 15 is 0 Å². The maximum absolute atomic E-state index is 11.7. The van der Waals surface area contributed by atoms with Crippen LogP contribution in [-0.2, 0) is 16.1 Å². The van der Waals surface area contributed by atoms with Crippen molar-refractivity contribution >= 4 is 22.9 Å². The number of aryl methyl sites for hydroxylation is 1. The van der Waals surface area contributed by atoms with E-state index in [0.717, 1.165) is 22.3 Å². The Balaban J connectivity index is 1.63. The molecule has 0 fully saturated rings. The lowest BCUT2D eigenvalue weighted by Crippen LogP contribution is -2.00. The maximum atomic E-state index is 11.7. The minimum Gasteiger partial charge on any atom is -0.458 e. The second-order valence-corrected chi connectivity index (χ2v) is 5.23. The zero-order chi connectivity index (χ0) is 15.4. The monoisotopic (exact) mass is 291 g/mol. The number of benzene rings is 2. The normalized spacial score (nSPS) is 11.1. The quantitative estimate of drug-likeness (QED) is 0.577. The Morgan fingerprint density at radius 3 is 2.77 bits per heavy atom. The van der Waals surface area contributed by atoms with Gasteiger partial charge in [-0.05, 0) is 41.6 Å². The minimum atomic E-state index is -0.341. The molecule has 2 aromatic carbocycles. The van der Waals surface area contributed by atoms with E-state index in [1.54, 1.807) is 6.08 Å². The molecular weight excluding hydrogens is 274 g/mol. The van der Waals surface area contributed by atoms with E-state index < -0.39 is 0 Å². The lowest BCUT2D eigenvalue weighted by atomic mass is 10.1. The molecule has 1 heterocycles. The molecule has 3 nitrogen and oxygen atoms in total. The summed E-state index contributed by atoms with van der Waals surface area (Å²) in [7, 11) is 0. The summed E-state index contributed by atoms with van der Waals surface area (Å²) in [5.74, 6) is -0.341. The first-order valence-electron chi connectivity index (χ1n) is 7.19. The van der Waals surface area contributed by atoms with Crippen molar-refractivity contribution in [3.8, 4) is 0 Å². The zero-order valence-corrected chi connectivity index (χ0v) is 12.4. The van der Waals surface area contributed by atoms with Crippen molar-refractivity contribution in [2.24, 2.45) is 0 Å². The number of carbonyl (C=O) groups is 1. The van der Waals surface area contributed by atoms with Gasteiger partial charge in [0.1, 0.15) is 6.61 Å². The lowest BCUT2D eigenvalue weighted by Gasteiger charge is -2.01. The molecule has 1 aromatic heterocycles. The van der Waals surface area contributed by atoms with Gasteiger partial charge in [-0.1, -0.05) is 42.5 Å². The highest BCUT2D eigenvalue weighted by atomic mass is 16.5. The Hall–Kier alpha value is -2.81. The summed E-state index contributed by atoms with van der Waals surface area (Å²) in [6.45, 7) is 2.31. The van der Waals surface area contributed by atoms with Crippen LogP contribution in [0.25, 0.3) is 17.0 Å². The number of hydrogen-bond donors (Lipinski definition) is 1. The highest BCUT2D eigenvalue weighted by Gasteiger charge is 2.00. The topological polar surface area (TPSA) is 42.1 Å². The first-order chi connectivity index (χ1) is 10.7. The Kier molecular flexibility index (Phi) is 4.05. The summed E-state index contributed by atoms with van der Waals surface area (Å²) in [5, 5.41) is 1.17. The fraction of sp³-hybridized carbons (Fsp3) is 0.105. The van der Waals surface area contributed by atoms with Gasteiger partial charge in [-0.2, -0.15) is 0 Å². The summed E-state index contributed by atoms with van der Waals surface area (Å²) < 4.78 is 5.21. The van der Waals surface area contributed by atoms with Gasteiger partial charge in [-0.25, -0.2) is 4.79 Å². The molecule has 0 amide bonds. The van der Waals surface area contributed by atoms with Crippen molar-refractivity contribution in [2.75, 3.05) is 0 Å². The molecule has 0 bridgehead atoms. The molecule has 3 aromatic rings. The van der Waals surface area contributed by atoms with Gasteiger partial charge < -0.3 is 9.72 Å². The predicted octanol–water partition coefficient (Wildman–Crippen LogP) is 4.23. The van der Waals surface area contributed by atoms with Crippen LogP contribution >= 0.6 is 0 Å². The van der Waals surface area contributed by atoms with Gasteiger partial charge in [-0.15, -0.1) is 0 Å². The first-order valence-corrected chi connectivity index (χ1v) is 7.19. The van der Waals surface area contributed by atoms with Crippen molar-refractivity contribution < 1.29 is 9.53 Å². The van der Waals surface area contributed by atoms with Gasteiger partial charge in [0.25, 0.3) is 0 Å². The number of carbonyl (C=O) groups excluding carboxylic acids is 1. The Morgan fingerprint density at radius 2 is 1.95 bits per heavy atom. The third-order valence-corrected chi connectivity index (χ3v) is 3.42. The Labute approximate surface area is 129 Å². The molecule has 3 rings (SSSR count). The Bertz CT molecular complexity index is 816. The van der Waals surface area contributed by atoms with E-state index in [0.29, 0.717) is 6.61 Å². The summed E-state index contributed by atoms with van der Waals surface area (Å²) in [5.41, 5.74) is 4.13. The van der Waals surface area contributed by atoms with Crippen molar-refractivity contribution in [1.82, 2.24) is 4.98 Å². The molecular formula is C19H17NO2. The van der Waals surface area contributed by atoms with Crippen molar-refractivity contribution in [3.63, 3.8) is 0 Å². The van der Waals surface area contributed by atoms with Gasteiger partial charge >= 0.3 is 5.97 Å². The number of aromatic nitrogens is 1. The molecule has 0 unspecified atom stereocenters. The van der Waals surface area contributed by atoms with Crippen LogP contribution in [0, 0.1) is 6.92 Å². The molecule has 0 saturated carbocycles. The second kappa shape index (κ2) is 6.31. The molecule has 0 aliphatic heterocycles. The largest absolute Gasteiger partial charge is 0.458 e. The van der Waals surface area contributed by atoms with Crippen LogP contribution in [0.3, 0.4) is 0 Å². The average molecular weight is 291 g/mol. The minimum absolute atomic E-state index is 0.291. The predicted molar refractivity (Wildman–Crippen MR) is 88.3 cm³/mol. The molecule has 0 atom stereocenters. The van der Waals surface area contributed by atoms with Crippen LogP contribution in [0.4, 0.5) is 0 Å². The van der Waals surface area contributed by atoms with Gasteiger partial charge in [-0.3, -0.25) is 0 Å². The molecule has 0 aliphatic carbocycles. The molecule has 0 spiro atoms. The number of rotatable bonds is 4. The van der Waals surface area contributed by atoms with E-state index in [9.17, 15) is 4.79 Å². The molecule has 22 heavy (non-hydrogen) atoms. The van der Waals surface area contributed by atoms with Gasteiger partial charge in [0, 0.05) is 17.3 Å². The smallest absolute Gasteiger partial charge is 0.331 e. The zero-order valence-electron chi connectivity index (χ0n) is 12.4. The fourth-order valence-electron chi connectivity index (χ4n) is 2.33.